The minimum Gasteiger partial charge on any atom is -0.369 e. The fraction of sp³-hybridized carbons (Fsp3) is 0.500. The molecule has 0 radical (unpaired) electrons. The molecule has 1 fully saturated rings. The summed E-state index contributed by atoms with van der Waals surface area (Å²) < 4.78 is 5.80. The number of carbonyl (C=O) groups is 1. The van der Waals surface area contributed by atoms with Gasteiger partial charge in [0.05, 0.1) is 25.2 Å². The van der Waals surface area contributed by atoms with Gasteiger partial charge in [-0.15, -0.1) is 0 Å². The van der Waals surface area contributed by atoms with Crippen molar-refractivity contribution in [1.29, 1.82) is 0 Å². The predicted octanol–water partition coefficient (Wildman–Crippen LogP) is 1.98. The van der Waals surface area contributed by atoms with Gasteiger partial charge in [-0.2, -0.15) is 0 Å². The molecule has 0 aromatic heterocycles. The van der Waals surface area contributed by atoms with Gasteiger partial charge in [0.25, 0.3) is 0 Å². The van der Waals surface area contributed by atoms with E-state index >= 15 is 0 Å². The summed E-state index contributed by atoms with van der Waals surface area (Å²) in [7, 11) is 0. The molecule has 1 amide bonds. The minimum atomic E-state index is -0.493. The lowest BCUT2D eigenvalue weighted by Crippen LogP contribution is -2.52. The number of nitrogens with two attached hydrogens (primary N) is 1. The summed E-state index contributed by atoms with van der Waals surface area (Å²) in [4.78, 5) is 13.9. The van der Waals surface area contributed by atoms with E-state index in [1.165, 1.54) is 0 Å². The highest BCUT2D eigenvalue weighted by Crippen LogP contribution is 2.30. The van der Waals surface area contributed by atoms with Crippen molar-refractivity contribution >= 4 is 17.5 Å². The van der Waals surface area contributed by atoms with Crippen LogP contribution < -0.4 is 5.73 Å². The Morgan fingerprint density at radius 2 is 2.21 bits per heavy atom. The van der Waals surface area contributed by atoms with E-state index in [1.54, 1.807) is 11.8 Å². The van der Waals surface area contributed by atoms with Gasteiger partial charge in [-0.3, -0.25) is 4.79 Å². The van der Waals surface area contributed by atoms with Gasteiger partial charge < -0.3 is 15.4 Å². The van der Waals surface area contributed by atoms with Gasteiger partial charge >= 0.3 is 0 Å². The lowest BCUT2D eigenvalue weighted by Gasteiger charge is -2.39. The average Bonchev–Trinajstić information content (AvgIpc) is 2.39. The summed E-state index contributed by atoms with van der Waals surface area (Å²) >= 11 is 6.18. The van der Waals surface area contributed by atoms with Gasteiger partial charge in [0.1, 0.15) is 6.10 Å². The van der Waals surface area contributed by atoms with Gasteiger partial charge in [-0.05, 0) is 19.9 Å². The van der Waals surface area contributed by atoms with Crippen LogP contribution >= 0.6 is 11.6 Å². The van der Waals surface area contributed by atoms with Crippen LogP contribution in [0.25, 0.3) is 0 Å². The number of rotatable bonds is 2. The first-order valence-electron chi connectivity index (χ1n) is 6.42. The summed E-state index contributed by atoms with van der Waals surface area (Å²) in [6, 6.07) is 7.10. The molecule has 0 bridgehead atoms. The van der Waals surface area contributed by atoms with E-state index < -0.39 is 6.04 Å². The lowest BCUT2D eigenvalue weighted by molar-refractivity contribution is -0.145. The molecule has 2 rings (SSSR count). The molecule has 2 N–H and O–H groups in total. The number of halogens is 1. The highest BCUT2D eigenvalue weighted by molar-refractivity contribution is 6.31. The van der Waals surface area contributed by atoms with E-state index in [4.69, 9.17) is 22.1 Å². The standard InChI is InChI=1S/C14H19ClN2O2/c1-9-8-19-13(7-17(9)14(18)10(2)16)11-5-3-4-6-12(11)15/h3-6,9-10,13H,7-8,16H2,1-2H3/t9?,10-,13?/m1/s1. The van der Waals surface area contributed by atoms with Crippen LogP contribution in [-0.4, -0.2) is 36.0 Å². The zero-order valence-electron chi connectivity index (χ0n) is 11.2. The Morgan fingerprint density at radius 3 is 2.84 bits per heavy atom. The number of benzene rings is 1. The van der Waals surface area contributed by atoms with Crippen LogP contribution in [0.5, 0.6) is 0 Å². The van der Waals surface area contributed by atoms with Gasteiger partial charge in [0, 0.05) is 10.6 Å². The molecule has 5 heteroatoms. The van der Waals surface area contributed by atoms with Gasteiger partial charge in [-0.1, -0.05) is 29.8 Å². The Kier molecular flexibility index (Phi) is 4.45. The summed E-state index contributed by atoms with van der Waals surface area (Å²) in [6.45, 7) is 4.65. The van der Waals surface area contributed by atoms with Gasteiger partial charge in [0.15, 0.2) is 0 Å². The van der Waals surface area contributed by atoms with Crippen molar-refractivity contribution in [2.45, 2.75) is 32.0 Å². The van der Waals surface area contributed by atoms with Crippen LogP contribution in [0.1, 0.15) is 25.5 Å². The van der Waals surface area contributed by atoms with Crippen molar-refractivity contribution in [2.75, 3.05) is 13.2 Å². The second-order valence-electron chi connectivity index (χ2n) is 4.97. The molecule has 104 valence electrons. The van der Waals surface area contributed by atoms with Crippen LogP contribution in [0.2, 0.25) is 5.02 Å². The van der Waals surface area contributed by atoms with E-state index in [0.29, 0.717) is 18.2 Å². The highest BCUT2D eigenvalue weighted by Gasteiger charge is 2.32. The van der Waals surface area contributed by atoms with E-state index in [0.717, 1.165) is 5.56 Å². The molecule has 3 atom stereocenters. The van der Waals surface area contributed by atoms with E-state index in [1.807, 2.05) is 31.2 Å². The molecule has 1 aromatic carbocycles. The number of hydrogen-bond acceptors (Lipinski definition) is 3. The molecule has 0 saturated carbocycles. The van der Waals surface area contributed by atoms with Crippen LogP contribution in [0.15, 0.2) is 24.3 Å². The molecule has 1 saturated heterocycles. The first kappa shape index (κ1) is 14.3. The largest absolute Gasteiger partial charge is 0.369 e. The Labute approximate surface area is 118 Å². The fourth-order valence-corrected chi connectivity index (χ4v) is 2.51. The van der Waals surface area contributed by atoms with Crippen molar-refractivity contribution in [2.24, 2.45) is 5.73 Å². The number of carbonyl (C=O) groups excluding carboxylic acids is 1. The number of hydrogen-bond donors (Lipinski definition) is 1. The van der Waals surface area contributed by atoms with E-state index in [9.17, 15) is 4.79 Å². The summed E-state index contributed by atoms with van der Waals surface area (Å²) in [6.07, 6.45) is -0.187. The molecule has 1 heterocycles. The maximum absolute atomic E-state index is 12.1. The molecule has 2 unspecified atom stereocenters. The second kappa shape index (κ2) is 5.90. The Morgan fingerprint density at radius 1 is 1.53 bits per heavy atom. The van der Waals surface area contributed by atoms with Crippen molar-refractivity contribution in [3.05, 3.63) is 34.9 Å². The normalized spacial score (nSPS) is 25.2. The van der Waals surface area contributed by atoms with Gasteiger partial charge in [-0.25, -0.2) is 0 Å². The Bertz CT molecular complexity index is 465. The van der Waals surface area contributed by atoms with Gasteiger partial charge in [0.2, 0.25) is 5.91 Å². The van der Waals surface area contributed by atoms with Crippen LogP contribution in [0.3, 0.4) is 0 Å². The highest BCUT2D eigenvalue weighted by atomic mass is 35.5. The molecule has 4 nitrogen and oxygen atoms in total. The van der Waals surface area contributed by atoms with Crippen molar-refractivity contribution in [3.63, 3.8) is 0 Å². The van der Waals surface area contributed by atoms with Crippen molar-refractivity contribution in [1.82, 2.24) is 4.90 Å². The molecule has 1 aliphatic heterocycles. The maximum atomic E-state index is 12.1. The van der Waals surface area contributed by atoms with Crippen LogP contribution in [0, 0.1) is 0 Å². The first-order valence-corrected chi connectivity index (χ1v) is 6.80. The number of nitrogens with zero attached hydrogens (tertiary/aromatic N) is 1. The smallest absolute Gasteiger partial charge is 0.239 e. The molecular formula is C14H19ClN2O2. The Hall–Kier alpha value is -1.10. The van der Waals surface area contributed by atoms with Crippen molar-refractivity contribution in [3.8, 4) is 0 Å². The summed E-state index contributed by atoms with van der Waals surface area (Å²) in [5.41, 5.74) is 6.60. The molecule has 0 spiro atoms. The average molecular weight is 283 g/mol. The molecule has 19 heavy (non-hydrogen) atoms. The topological polar surface area (TPSA) is 55.6 Å². The fourth-order valence-electron chi connectivity index (χ4n) is 2.25. The van der Waals surface area contributed by atoms with Crippen LogP contribution in [0.4, 0.5) is 0 Å². The second-order valence-corrected chi connectivity index (χ2v) is 5.38. The monoisotopic (exact) mass is 282 g/mol. The third kappa shape index (κ3) is 3.08. The molecule has 0 aliphatic carbocycles. The maximum Gasteiger partial charge on any atom is 0.239 e. The van der Waals surface area contributed by atoms with E-state index in [-0.39, 0.29) is 18.1 Å². The molecule has 1 aromatic rings. The third-order valence-electron chi connectivity index (χ3n) is 3.36. The first-order chi connectivity index (χ1) is 9.00. The number of amides is 1. The third-order valence-corrected chi connectivity index (χ3v) is 3.70. The quantitative estimate of drug-likeness (QED) is 0.902. The Balaban J connectivity index is 2.18. The number of morpholine rings is 1. The van der Waals surface area contributed by atoms with Crippen LogP contribution in [-0.2, 0) is 9.53 Å². The zero-order chi connectivity index (χ0) is 14.0. The predicted molar refractivity (Wildman–Crippen MR) is 75.0 cm³/mol. The summed E-state index contributed by atoms with van der Waals surface area (Å²) in [5, 5.41) is 0.662. The van der Waals surface area contributed by atoms with Crippen molar-refractivity contribution < 1.29 is 9.53 Å². The molecule has 1 aliphatic rings. The molecular weight excluding hydrogens is 264 g/mol. The SMILES string of the molecule is CC1COC(c2ccccc2Cl)CN1C(=O)[C@@H](C)N. The lowest BCUT2D eigenvalue weighted by atomic mass is 10.1. The zero-order valence-corrected chi connectivity index (χ0v) is 11.9. The van der Waals surface area contributed by atoms with E-state index in [2.05, 4.69) is 0 Å². The number of ether oxygens (including phenoxy) is 1. The minimum absolute atomic E-state index is 0.0391. The summed E-state index contributed by atoms with van der Waals surface area (Å²) in [5.74, 6) is -0.0483.